The van der Waals surface area contributed by atoms with Gasteiger partial charge >= 0.3 is 0 Å². The van der Waals surface area contributed by atoms with E-state index in [4.69, 9.17) is 0 Å². The molecule has 0 bridgehead atoms. The van der Waals surface area contributed by atoms with E-state index in [-0.39, 0.29) is 5.91 Å². The zero-order valence-corrected chi connectivity index (χ0v) is 14.5. The summed E-state index contributed by atoms with van der Waals surface area (Å²) in [7, 11) is 0. The molecule has 0 radical (unpaired) electrons. The van der Waals surface area contributed by atoms with E-state index in [9.17, 15) is 4.79 Å². The van der Waals surface area contributed by atoms with Crippen LogP contribution in [0.2, 0.25) is 0 Å². The molecule has 1 amide bonds. The zero-order chi connectivity index (χ0) is 17.9. The number of carbonyl (C=O) groups is 1. The Morgan fingerprint density at radius 1 is 1.04 bits per heavy atom. The van der Waals surface area contributed by atoms with Gasteiger partial charge in [0.1, 0.15) is 0 Å². The summed E-state index contributed by atoms with van der Waals surface area (Å²) < 4.78 is 2.22. The number of fused-ring (bicyclic) bond motifs is 2. The van der Waals surface area contributed by atoms with Crippen LogP contribution in [0.4, 0.5) is 0 Å². The van der Waals surface area contributed by atoms with Crippen molar-refractivity contribution in [1.82, 2.24) is 9.99 Å². The Balaban J connectivity index is 1.71. The Kier molecular flexibility index (Phi) is 4.23. The molecule has 0 spiro atoms. The van der Waals surface area contributed by atoms with Crippen molar-refractivity contribution in [2.75, 3.05) is 0 Å². The SMILES string of the molecule is CC(=O)N/N=C\c1cn(Cc2ccc3ccccc3c2)c2ccccc12. The predicted molar refractivity (Wildman–Crippen MR) is 106 cm³/mol. The minimum absolute atomic E-state index is 0.179. The monoisotopic (exact) mass is 341 g/mol. The van der Waals surface area contributed by atoms with Crippen LogP contribution in [0.5, 0.6) is 0 Å². The Bertz CT molecular complexity index is 1120. The minimum atomic E-state index is -0.179. The van der Waals surface area contributed by atoms with Crippen molar-refractivity contribution >= 4 is 33.8 Å². The van der Waals surface area contributed by atoms with Gasteiger partial charge < -0.3 is 4.57 Å². The molecular weight excluding hydrogens is 322 g/mol. The van der Waals surface area contributed by atoms with Gasteiger partial charge in [-0.1, -0.05) is 54.6 Å². The number of hydrogen-bond acceptors (Lipinski definition) is 2. The van der Waals surface area contributed by atoms with E-state index < -0.39 is 0 Å². The predicted octanol–water partition coefficient (Wildman–Crippen LogP) is 4.31. The minimum Gasteiger partial charge on any atom is -0.342 e. The summed E-state index contributed by atoms with van der Waals surface area (Å²) in [6, 6.07) is 23.2. The van der Waals surface area contributed by atoms with Crippen molar-refractivity contribution in [2.24, 2.45) is 5.10 Å². The lowest BCUT2D eigenvalue weighted by Gasteiger charge is -2.07. The van der Waals surface area contributed by atoms with E-state index in [1.54, 1.807) is 6.21 Å². The van der Waals surface area contributed by atoms with Crippen LogP contribution in [0.25, 0.3) is 21.7 Å². The van der Waals surface area contributed by atoms with Crippen molar-refractivity contribution in [3.8, 4) is 0 Å². The van der Waals surface area contributed by atoms with Gasteiger partial charge in [0, 0.05) is 36.1 Å². The number of rotatable bonds is 4. The smallest absolute Gasteiger partial charge is 0.236 e. The Morgan fingerprint density at radius 2 is 1.81 bits per heavy atom. The van der Waals surface area contributed by atoms with E-state index in [0.717, 1.165) is 23.0 Å². The lowest BCUT2D eigenvalue weighted by Crippen LogP contribution is -2.12. The molecule has 0 unspecified atom stereocenters. The fraction of sp³-hybridized carbons (Fsp3) is 0.0909. The standard InChI is InChI=1S/C22H19N3O/c1-16(26)24-23-13-20-15-25(22-9-5-4-8-21(20)22)14-17-10-11-18-6-2-3-7-19(18)12-17/h2-13,15H,14H2,1H3,(H,24,26)/b23-13-. The first-order chi connectivity index (χ1) is 12.7. The fourth-order valence-corrected chi connectivity index (χ4v) is 3.24. The van der Waals surface area contributed by atoms with Gasteiger partial charge in [-0.2, -0.15) is 5.10 Å². The maximum absolute atomic E-state index is 11.0. The lowest BCUT2D eigenvalue weighted by atomic mass is 10.1. The summed E-state index contributed by atoms with van der Waals surface area (Å²) in [5, 5.41) is 7.62. The van der Waals surface area contributed by atoms with Crippen LogP contribution in [0.15, 0.2) is 78.0 Å². The van der Waals surface area contributed by atoms with Gasteiger partial charge in [0.25, 0.3) is 0 Å². The normalized spacial score (nSPS) is 11.4. The number of amides is 1. The number of nitrogens with one attached hydrogen (secondary N) is 1. The van der Waals surface area contributed by atoms with Gasteiger partial charge in [-0.25, -0.2) is 5.43 Å². The van der Waals surface area contributed by atoms with Gasteiger partial charge in [-0.15, -0.1) is 0 Å². The number of aromatic nitrogens is 1. The molecular formula is C22H19N3O. The van der Waals surface area contributed by atoms with Gasteiger partial charge in [0.15, 0.2) is 0 Å². The highest BCUT2D eigenvalue weighted by Gasteiger charge is 2.07. The average Bonchev–Trinajstić information content (AvgIpc) is 2.99. The fourth-order valence-electron chi connectivity index (χ4n) is 3.24. The molecule has 26 heavy (non-hydrogen) atoms. The second-order valence-electron chi connectivity index (χ2n) is 6.34. The molecule has 1 heterocycles. The van der Waals surface area contributed by atoms with Gasteiger partial charge in [-0.3, -0.25) is 4.79 Å². The van der Waals surface area contributed by atoms with Gasteiger partial charge in [0.05, 0.1) is 6.21 Å². The highest BCUT2D eigenvalue weighted by Crippen LogP contribution is 2.22. The third-order valence-corrected chi connectivity index (χ3v) is 4.41. The van der Waals surface area contributed by atoms with Crippen molar-refractivity contribution in [1.29, 1.82) is 0 Å². The number of para-hydroxylation sites is 1. The maximum Gasteiger partial charge on any atom is 0.236 e. The Labute approximate surface area is 151 Å². The van der Waals surface area contributed by atoms with Crippen LogP contribution in [0.1, 0.15) is 18.1 Å². The molecule has 4 nitrogen and oxygen atoms in total. The number of benzene rings is 3. The van der Waals surface area contributed by atoms with E-state index in [2.05, 4.69) is 75.9 Å². The van der Waals surface area contributed by atoms with E-state index in [0.29, 0.717) is 0 Å². The lowest BCUT2D eigenvalue weighted by molar-refractivity contribution is -0.118. The molecule has 4 aromatic rings. The van der Waals surface area contributed by atoms with E-state index in [1.165, 1.54) is 23.3 Å². The summed E-state index contributed by atoms with van der Waals surface area (Å²) >= 11 is 0. The highest BCUT2D eigenvalue weighted by atomic mass is 16.2. The molecule has 1 N–H and O–H groups in total. The maximum atomic E-state index is 11.0. The number of hydrazone groups is 1. The first-order valence-corrected chi connectivity index (χ1v) is 8.56. The van der Waals surface area contributed by atoms with Crippen LogP contribution in [-0.4, -0.2) is 16.7 Å². The quantitative estimate of drug-likeness (QED) is 0.436. The second-order valence-corrected chi connectivity index (χ2v) is 6.34. The molecule has 0 fully saturated rings. The third-order valence-electron chi connectivity index (χ3n) is 4.41. The van der Waals surface area contributed by atoms with Crippen LogP contribution < -0.4 is 5.43 Å². The Morgan fingerprint density at radius 3 is 2.65 bits per heavy atom. The van der Waals surface area contributed by atoms with Crippen LogP contribution in [-0.2, 0) is 11.3 Å². The summed E-state index contributed by atoms with van der Waals surface area (Å²) in [5.41, 5.74) is 5.83. The number of nitrogens with zero attached hydrogens (tertiary/aromatic N) is 2. The molecule has 0 aliphatic heterocycles. The van der Waals surface area contributed by atoms with Crippen LogP contribution in [0.3, 0.4) is 0 Å². The van der Waals surface area contributed by atoms with E-state index >= 15 is 0 Å². The zero-order valence-electron chi connectivity index (χ0n) is 14.5. The third kappa shape index (κ3) is 3.22. The summed E-state index contributed by atoms with van der Waals surface area (Å²) in [6.45, 7) is 2.22. The van der Waals surface area contributed by atoms with Crippen LogP contribution >= 0.6 is 0 Å². The van der Waals surface area contributed by atoms with Crippen molar-refractivity contribution < 1.29 is 4.79 Å². The molecule has 0 saturated carbocycles. The van der Waals surface area contributed by atoms with Crippen LogP contribution in [0, 0.1) is 0 Å². The Hall–Kier alpha value is -3.40. The van der Waals surface area contributed by atoms with Crippen molar-refractivity contribution in [3.63, 3.8) is 0 Å². The topological polar surface area (TPSA) is 46.4 Å². The largest absolute Gasteiger partial charge is 0.342 e. The van der Waals surface area contributed by atoms with Crippen molar-refractivity contribution in [3.05, 3.63) is 84.1 Å². The average molecular weight is 341 g/mol. The molecule has 0 aliphatic carbocycles. The second kappa shape index (κ2) is 6.84. The number of carbonyl (C=O) groups excluding carboxylic acids is 1. The van der Waals surface area contributed by atoms with Crippen molar-refractivity contribution in [2.45, 2.75) is 13.5 Å². The molecule has 0 saturated heterocycles. The summed E-state index contributed by atoms with van der Waals surface area (Å²) in [5.74, 6) is -0.179. The molecule has 0 aliphatic rings. The van der Waals surface area contributed by atoms with Gasteiger partial charge in [-0.05, 0) is 28.5 Å². The molecule has 3 aromatic carbocycles. The molecule has 128 valence electrons. The molecule has 0 atom stereocenters. The molecule has 1 aromatic heterocycles. The molecule has 4 rings (SSSR count). The first-order valence-electron chi connectivity index (χ1n) is 8.56. The number of hydrogen-bond donors (Lipinski definition) is 1. The summed E-state index contributed by atoms with van der Waals surface area (Å²) in [4.78, 5) is 11.0. The molecule has 4 heteroatoms. The summed E-state index contributed by atoms with van der Waals surface area (Å²) in [6.07, 6.45) is 3.77. The highest BCUT2D eigenvalue weighted by molar-refractivity contribution is 5.99. The van der Waals surface area contributed by atoms with Gasteiger partial charge in [0.2, 0.25) is 5.91 Å². The van der Waals surface area contributed by atoms with E-state index in [1.807, 2.05) is 12.1 Å². The first kappa shape index (κ1) is 16.1.